The minimum absolute atomic E-state index is 0.0424. The minimum Gasteiger partial charge on any atom is -0.346 e. The molecule has 1 saturated carbocycles. The molecule has 2 fully saturated rings. The number of carbonyl (C=O) groups is 1. The van der Waals surface area contributed by atoms with Crippen LogP contribution in [-0.4, -0.2) is 23.8 Å². The zero-order valence-corrected chi connectivity index (χ0v) is 16.7. The zero-order valence-electron chi connectivity index (χ0n) is 15.9. The van der Waals surface area contributed by atoms with Gasteiger partial charge in [-0.2, -0.15) is 0 Å². The highest BCUT2D eigenvalue weighted by atomic mass is 32.1. The minimum atomic E-state index is -0.577. The Labute approximate surface area is 168 Å². The van der Waals surface area contributed by atoms with Crippen LogP contribution in [0.5, 0.6) is 0 Å². The van der Waals surface area contributed by atoms with Crippen LogP contribution in [0.25, 0.3) is 20.2 Å². The third kappa shape index (κ3) is 2.85. The van der Waals surface area contributed by atoms with E-state index in [0.717, 1.165) is 11.1 Å². The summed E-state index contributed by atoms with van der Waals surface area (Å²) in [6.07, 6.45) is 2.79. The van der Waals surface area contributed by atoms with Crippen molar-refractivity contribution in [2.45, 2.75) is 31.7 Å². The first-order valence-electron chi connectivity index (χ1n) is 9.55. The summed E-state index contributed by atoms with van der Waals surface area (Å²) >= 11 is 1.78. The van der Waals surface area contributed by atoms with Gasteiger partial charge in [-0.05, 0) is 55.7 Å². The number of thiophene rings is 1. The van der Waals surface area contributed by atoms with E-state index in [-0.39, 0.29) is 11.9 Å². The van der Waals surface area contributed by atoms with Gasteiger partial charge in [0, 0.05) is 38.7 Å². The molecule has 1 aliphatic carbocycles. The lowest BCUT2D eigenvalue weighted by Gasteiger charge is -2.39. The second-order valence-corrected chi connectivity index (χ2v) is 9.09. The molecule has 1 aromatic heterocycles. The van der Waals surface area contributed by atoms with Gasteiger partial charge in [-0.1, -0.05) is 17.9 Å². The largest absolute Gasteiger partial charge is 0.346 e. The van der Waals surface area contributed by atoms with Gasteiger partial charge in [0.25, 0.3) is 0 Å². The van der Waals surface area contributed by atoms with Crippen molar-refractivity contribution in [1.29, 1.82) is 5.41 Å². The molecule has 5 rings (SSSR count). The van der Waals surface area contributed by atoms with Crippen LogP contribution in [0.4, 0.5) is 0 Å². The molecule has 2 N–H and O–H groups in total. The number of hydrogen-bond acceptors (Lipinski definition) is 3. The second-order valence-electron chi connectivity index (χ2n) is 8.00. The molecule has 1 saturated heterocycles. The number of benzene rings is 2. The molecule has 1 amide bonds. The number of amides is 1. The number of rotatable bonds is 1. The molecule has 0 bridgehead atoms. The maximum atomic E-state index is 12.3. The summed E-state index contributed by atoms with van der Waals surface area (Å²) in [6, 6.07) is 12.8. The van der Waals surface area contributed by atoms with Crippen LogP contribution in [0.15, 0.2) is 36.4 Å². The normalized spacial score (nSPS) is 22.3. The lowest BCUT2D eigenvalue weighted by atomic mass is 9.86. The smallest absolute Gasteiger partial charge is 0.231 e. The van der Waals surface area contributed by atoms with Crippen LogP contribution in [0.2, 0.25) is 0 Å². The lowest BCUT2D eigenvalue weighted by molar-refractivity contribution is -0.129. The summed E-state index contributed by atoms with van der Waals surface area (Å²) in [6.45, 7) is 1.99. The maximum Gasteiger partial charge on any atom is 0.231 e. The molecular formula is C23H21N3OS. The monoisotopic (exact) mass is 387 g/mol. The standard InChI is InChI=1S/C23H21N3OS/c1-23(13-21(27)26(2)22(24)25-23)16-8-10-20-18(12-16)17-11-15(6-5-14-3-4-14)7-9-19(17)28-20/h7-12,14H,3-4,13H2,1-2H3,(H2,24,25)/t23-/m0/s1. The molecule has 28 heavy (non-hydrogen) atoms. The van der Waals surface area contributed by atoms with Crippen LogP contribution >= 0.6 is 11.3 Å². The molecule has 0 unspecified atom stereocenters. The highest BCUT2D eigenvalue weighted by Crippen LogP contribution is 2.38. The molecule has 0 spiro atoms. The molecule has 2 aromatic carbocycles. The summed E-state index contributed by atoms with van der Waals surface area (Å²) in [5.74, 6) is 7.35. The highest BCUT2D eigenvalue weighted by molar-refractivity contribution is 7.25. The molecule has 2 aliphatic rings. The van der Waals surface area contributed by atoms with E-state index >= 15 is 0 Å². The predicted octanol–water partition coefficient (Wildman–Crippen LogP) is 4.42. The quantitative estimate of drug-likeness (QED) is 0.608. The van der Waals surface area contributed by atoms with Crippen molar-refractivity contribution in [2.75, 3.05) is 7.05 Å². The van der Waals surface area contributed by atoms with Crippen LogP contribution in [0.3, 0.4) is 0 Å². The first-order chi connectivity index (χ1) is 13.4. The van der Waals surface area contributed by atoms with Crippen molar-refractivity contribution >= 4 is 43.4 Å². The highest BCUT2D eigenvalue weighted by Gasteiger charge is 2.38. The molecule has 3 aromatic rings. The number of fused-ring (bicyclic) bond motifs is 3. The summed E-state index contributed by atoms with van der Waals surface area (Å²) in [5, 5.41) is 13.7. The number of hydrogen-bond donors (Lipinski definition) is 2. The molecule has 1 atom stereocenters. The Balaban J connectivity index is 1.60. The molecule has 0 radical (unpaired) electrons. The summed E-state index contributed by atoms with van der Waals surface area (Å²) < 4.78 is 2.47. The Morgan fingerprint density at radius 2 is 1.89 bits per heavy atom. The first-order valence-corrected chi connectivity index (χ1v) is 10.4. The number of nitrogens with one attached hydrogen (secondary N) is 2. The van der Waals surface area contributed by atoms with Crippen molar-refractivity contribution in [2.24, 2.45) is 5.92 Å². The summed E-state index contributed by atoms with van der Waals surface area (Å²) in [5.41, 5.74) is 1.51. The SMILES string of the molecule is CN1C(=N)N[C@](C)(c2ccc3sc4ccc(C#CC5CC5)cc4c3c2)CC1=O. The van der Waals surface area contributed by atoms with Gasteiger partial charge in [0.2, 0.25) is 5.91 Å². The molecule has 2 heterocycles. The van der Waals surface area contributed by atoms with E-state index in [1.807, 2.05) is 6.92 Å². The fraction of sp³-hybridized carbons (Fsp3) is 0.304. The maximum absolute atomic E-state index is 12.3. The van der Waals surface area contributed by atoms with E-state index in [4.69, 9.17) is 5.41 Å². The van der Waals surface area contributed by atoms with Gasteiger partial charge in [0.05, 0.1) is 12.0 Å². The van der Waals surface area contributed by atoms with Gasteiger partial charge >= 0.3 is 0 Å². The van der Waals surface area contributed by atoms with Crippen molar-refractivity contribution in [3.63, 3.8) is 0 Å². The van der Waals surface area contributed by atoms with Gasteiger partial charge in [-0.25, -0.2) is 0 Å². The summed E-state index contributed by atoms with van der Waals surface area (Å²) in [7, 11) is 1.64. The average Bonchev–Trinajstić information content (AvgIpc) is 3.43. The van der Waals surface area contributed by atoms with Gasteiger partial charge in [-0.15, -0.1) is 11.3 Å². The topological polar surface area (TPSA) is 56.2 Å². The van der Waals surface area contributed by atoms with E-state index < -0.39 is 5.54 Å². The van der Waals surface area contributed by atoms with Crippen LogP contribution in [0.1, 0.15) is 37.3 Å². The van der Waals surface area contributed by atoms with Crippen LogP contribution in [-0.2, 0) is 10.3 Å². The van der Waals surface area contributed by atoms with E-state index in [9.17, 15) is 4.79 Å². The zero-order chi connectivity index (χ0) is 19.5. The molecule has 5 heteroatoms. The number of nitrogens with zero attached hydrogens (tertiary/aromatic N) is 1. The first kappa shape index (κ1) is 17.3. The molecular weight excluding hydrogens is 366 g/mol. The van der Waals surface area contributed by atoms with Gasteiger partial charge in [0.1, 0.15) is 0 Å². The predicted molar refractivity (Wildman–Crippen MR) is 115 cm³/mol. The van der Waals surface area contributed by atoms with Crippen LogP contribution in [0, 0.1) is 23.2 Å². The Kier molecular flexibility index (Phi) is 3.75. The van der Waals surface area contributed by atoms with E-state index in [2.05, 4.69) is 53.6 Å². The molecule has 4 nitrogen and oxygen atoms in total. The second kappa shape index (κ2) is 6.08. The molecule has 1 aliphatic heterocycles. The van der Waals surface area contributed by atoms with E-state index in [0.29, 0.717) is 12.3 Å². The Morgan fingerprint density at radius 1 is 1.18 bits per heavy atom. The van der Waals surface area contributed by atoms with Crippen molar-refractivity contribution in [1.82, 2.24) is 10.2 Å². The van der Waals surface area contributed by atoms with E-state index in [1.54, 1.807) is 18.4 Å². The van der Waals surface area contributed by atoms with Gasteiger partial charge in [0.15, 0.2) is 5.96 Å². The van der Waals surface area contributed by atoms with Crippen molar-refractivity contribution in [3.8, 4) is 11.8 Å². The lowest BCUT2D eigenvalue weighted by Crippen LogP contribution is -2.58. The van der Waals surface area contributed by atoms with Crippen molar-refractivity contribution in [3.05, 3.63) is 47.5 Å². The van der Waals surface area contributed by atoms with E-state index in [1.165, 1.54) is 37.9 Å². The third-order valence-corrected chi connectivity index (χ3v) is 6.86. The number of guanidine groups is 1. The summed E-state index contributed by atoms with van der Waals surface area (Å²) in [4.78, 5) is 13.7. The third-order valence-electron chi connectivity index (χ3n) is 5.71. The van der Waals surface area contributed by atoms with Gasteiger partial charge in [-0.3, -0.25) is 15.1 Å². The Hall–Kier alpha value is -2.84. The fourth-order valence-corrected chi connectivity index (χ4v) is 4.79. The van der Waals surface area contributed by atoms with Gasteiger partial charge < -0.3 is 5.32 Å². The van der Waals surface area contributed by atoms with Crippen molar-refractivity contribution < 1.29 is 4.79 Å². The molecule has 140 valence electrons. The number of carbonyl (C=O) groups excluding carboxylic acids is 1. The fourth-order valence-electron chi connectivity index (χ4n) is 3.72. The van der Waals surface area contributed by atoms with Crippen LogP contribution < -0.4 is 5.32 Å². The Morgan fingerprint density at radius 3 is 2.61 bits per heavy atom. The average molecular weight is 388 g/mol. The Bertz CT molecular complexity index is 1190.